The molecule has 1 heterocycles. The van der Waals surface area contributed by atoms with E-state index in [1.54, 1.807) is 0 Å². The summed E-state index contributed by atoms with van der Waals surface area (Å²) >= 11 is 0. The summed E-state index contributed by atoms with van der Waals surface area (Å²) in [5.74, 6) is 0.676. The van der Waals surface area contributed by atoms with Crippen LogP contribution < -0.4 is 5.32 Å². The maximum absolute atomic E-state index is 12.6. The van der Waals surface area contributed by atoms with E-state index < -0.39 is 0 Å². The topological polar surface area (TPSA) is 15.3 Å². The third kappa shape index (κ3) is 4.55. The highest BCUT2D eigenvalue weighted by Crippen LogP contribution is 2.25. The molecule has 1 saturated heterocycles. The largest absolute Gasteiger partial charge is 0.311 e. The van der Waals surface area contributed by atoms with Gasteiger partial charge in [0.25, 0.3) is 0 Å². The lowest BCUT2D eigenvalue weighted by molar-refractivity contribution is 0.0701. The van der Waals surface area contributed by atoms with E-state index in [1.165, 1.54) is 0 Å². The molecule has 0 bridgehead atoms. The van der Waals surface area contributed by atoms with E-state index in [9.17, 15) is 4.39 Å². The van der Waals surface area contributed by atoms with Gasteiger partial charge in [0.15, 0.2) is 0 Å². The quantitative estimate of drug-likeness (QED) is 0.818. The van der Waals surface area contributed by atoms with E-state index in [1.807, 2.05) is 0 Å². The normalized spacial score (nSPS) is 27.7. The Kier molecular flexibility index (Phi) is 5.39. The van der Waals surface area contributed by atoms with Crippen LogP contribution in [-0.2, 0) is 0 Å². The van der Waals surface area contributed by atoms with Gasteiger partial charge in [-0.3, -0.25) is 4.90 Å². The van der Waals surface area contributed by atoms with Crippen LogP contribution in [0.25, 0.3) is 0 Å². The van der Waals surface area contributed by atoms with Gasteiger partial charge in [0.05, 0.1) is 0 Å². The molecule has 1 aliphatic heterocycles. The molecule has 0 aromatic carbocycles. The molecule has 1 rings (SSSR count). The minimum atomic E-state index is -0.231. The molecule has 0 spiro atoms. The third-order valence-corrected chi connectivity index (χ3v) is 3.69. The Bertz CT molecular complexity index is 223. The van der Waals surface area contributed by atoms with Crippen LogP contribution >= 0.6 is 0 Å². The molecule has 3 heteroatoms. The zero-order valence-electron chi connectivity index (χ0n) is 12.1. The van der Waals surface area contributed by atoms with Crippen LogP contribution in [0.3, 0.4) is 0 Å². The summed E-state index contributed by atoms with van der Waals surface area (Å²) in [7, 11) is 0. The van der Waals surface area contributed by atoms with Crippen LogP contribution in [0.1, 0.15) is 41.0 Å². The van der Waals surface area contributed by atoms with Crippen LogP contribution in [0.2, 0.25) is 0 Å². The summed E-state index contributed by atoms with van der Waals surface area (Å²) in [6.07, 6.45) is 1.16. The minimum Gasteiger partial charge on any atom is -0.311 e. The summed E-state index contributed by atoms with van der Waals surface area (Å²) in [4.78, 5) is 2.34. The molecule has 0 amide bonds. The number of rotatable bonds is 4. The van der Waals surface area contributed by atoms with Crippen LogP contribution in [0, 0.1) is 11.3 Å². The zero-order chi connectivity index (χ0) is 13.1. The van der Waals surface area contributed by atoms with Crippen LogP contribution in [0.5, 0.6) is 0 Å². The number of piperazine rings is 1. The van der Waals surface area contributed by atoms with Gasteiger partial charge in [-0.05, 0) is 17.8 Å². The third-order valence-electron chi connectivity index (χ3n) is 3.69. The molecule has 1 N–H and O–H groups in total. The van der Waals surface area contributed by atoms with Crippen molar-refractivity contribution < 1.29 is 4.39 Å². The Morgan fingerprint density at radius 2 is 2.00 bits per heavy atom. The van der Waals surface area contributed by atoms with E-state index in [0.29, 0.717) is 24.5 Å². The molecule has 1 aliphatic rings. The number of hydrogen-bond donors (Lipinski definition) is 1. The number of alkyl halides is 1. The maximum atomic E-state index is 12.6. The monoisotopic (exact) mass is 244 g/mol. The Balaban J connectivity index is 2.60. The molecule has 0 aromatic rings. The molecule has 0 radical (unpaired) electrons. The van der Waals surface area contributed by atoms with Crippen molar-refractivity contribution in [2.75, 3.05) is 26.3 Å². The molecular weight excluding hydrogens is 215 g/mol. The second-order valence-corrected chi connectivity index (χ2v) is 6.79. The smallest absolute Gasteiger partial charge is 0.102 e. The number of nitrogens with one attached hydrogen (secondary N) is 1. The first-order chi connectivity index (χ1) is 7.84. The van der Waals surface area contributed by atoms with Crippen LogP contribution in [0.4, 0.5) is 4.39 Å². The molecule has 0 aliphatic carbocycles. The van der Waals surface area contributed by atoms with Crippen LogP contribution in [0.15, 0.2) is 0 Å². The summed E-state index contributed by atoms with van der Waals surface area (Å²) < 4.78 is 12.6. The Morgan fingerprint density at radius 1 is 1.35 bits per heavy atom. The molecule has 0 saturated carbocycles. The Labute approximate surface area is 106 Å². The second kappa shape index (κ2) is 6.14. The second-order valence-electron chi connectivity index (χ2n) is 6.79. The summed E-state index contributed by atoms with van der Waals surface area (Å²) in [5.41, 5.74) is 0.247. The number of hydrogen-bond acceptors (Lipinski definition) is 2. The minimum absolute atomic E-state index is 0.231. The highest BCUT2D eigenvalue weighted by molar-refractivity contribution is 4.92. The van der Waals surface area contributed by atoms with Crippen molar-refractivity contribution in [2.24, 2.45) is 11.3 Å². The first-order valence-electron chi connectivity index (χ1n) is 6.88. The zero-order valence-corrected chi connectivity index (χ0v) is 12.1. The Hall–Kier alpha value is -0.150. The molecule has 2 unspecified atom stereocenters. The SMILES string of the molecule is CC(C)CC1CNC(C(C)(C)C)CN1CCF. The molecule has 17 heavy (non-hydrogen) atoms. The number of halogens is 1. The van der Waals surface area contributed by atoms with Crippen molar-refractivity contribution in [3.8, 4) is 0 Å². The van der Waals surface area contributed by atoms with Gasteiger partial charge in [0.2, 0.25) is 0 Å². The van der Waals surface area contributed by atoms with Gasteiger partial charge in [-0.25, -0.2) is 4.39 Å². The maximum Gasteiger partial charge on any atom is 0.102 e. The summed E-state index contributed by atoms with van der Waals surface area (Å²) in [5, 5.41) is 3.64. The molecule has 1 fully saturated rings. The van der Waals surface area contributed by atoms with E-state index in [2.05, 4.69) is 44.8 Å². The lowest BCUT2D eigenvalue weighted by Gasteiger charge is -2.45. The number of nitrogens with zero attached hydrogens (tertiary/aromatic N) is 1. The first kappa shape index (κ1) is 14.9. The lowest BCUT2D eigenvalue weighted by Crippen LogP contribution is -2.60. The summed E-state index contributed by atoms with van der Waals surface area (Å²) in [6.45, 7) is 13.6. The fourth-order valence-corrected chi connectivity index (χ4v) is 2.59. The van der Waals surface area contributed by atoms with E-state index in [4.69, 9.17) is 0 Å². The predicted molar refractivity (Wildman–Crippen MR) is 72.0 cm³/mol. The molecule has 2 atom stereocenters. The standard InChI is InChI=1S/C14H29FN2/c1-11(2)8-12-9-16-13(14(3,4)5)10-17(12)7-6-15/h11-13,16H,6-10H2,1-5H3. The molecule has 102 valence electrons. The van der Waals surface area contributed by atoms with Crippen molar-refractivity contribution in [1.82, 2.24) is 10.2 Å². The highest BCUT2D eigenvalue weighted by atomic mass is 19.1. The predicted octanol–water partition coefficient (Wildman–Crippen LogP) is 2.69. The fourth-order valence-electron chi connectivity index (χ4n) is 2.59. The lowest BCUT2D eigenvalue weighted by atomic mass is 9.84. The fraction of sp³-hybridized carbons (Fsp3) is 1.00. The molecular formula is C14H29FN2. The average molecular weight is 244 g/mol. The van der Waals surface area contributed by atoms with Crippen molar-refractivity contribution in [2.45, 2.75) is 53.1 Å². The van der Waals surface area contributed by atoms with Gasteiger partial charge in [-0.2, -0.15) is 0 Å². The van der Waals surface area contributed by atoms with Gasteiger partial charge in [-0.1, -0.05) is 34.6 Å². The van der Waals surface area contributed by atoms with Crippen molar-refractivity contribution >= 4 is 0 Å². The van der Waals surface area contributed by atoms with Gasteiger partial charge in [0, 0.05) is 31.7 Å². The summed E-state index contributed by atoms with van der Waals surface area (Å²) in [6, 6.07) is 0.974. The van der Waals surface area contributed by atoms with Gasteiger partial charge in [0.1, 0.15) is 6.67 Å². The van der Waals surface area contributed by atoms with Gasteiger partial charge >= 0.3 is 0 Å². The van der Waals surface area contributed by atoms with Crippen molar-refractivity contribution in [3.63, 3.8) is 0 Å². The average Bonchev–Trinajstić information content (AvgIpc) is 2.18. The van der Waals surface area contributed by atoms with E-state index in [-0.39, 0.29) is 12.1 Å². The van der Waals surface area contributed by atoms with Gasteiger partial charge in [-0.15, -0.1) is 0 Å². The molecule has 2 nitrogen and oxygen atoms in total. The van der Waals surface area contributed by atoms with Crippen molar-refractivity contribution in [1.29, 1.82) is 0 Å². The van der Waals surface area contributed by atoms with E-state index in [0.717, 1.165) is 19.5 Å². The van der Waals surface area contributed by atoms with E-state index >= 15 is 0 Å². The van der Waals surface area contributed by atoms with Crippen LogP contribution in [-0.4, -0.2) is 43.3 Å². The first-order valence-corrected chi connectivity index (χ1v) is 6.88. The highest BCUT2D eigenvalue weighted by Gasteiger charge is 2.33. The molecule has 0 aromatic heterocycles. The van der Waals surface area contributed by atoms with Gasteiger partial charge < -0.3 is 5.32 Å². The Morgan fingerprint density at radius 3 is 2.47 bits per heavy atom. The van der Waals surface area contributed by atoms with Crippen molar-refractivity contribution in [3.05, 3.63) is 0 Å².